The summed E-state index contributed by atoms with van der Waals surface area (Å²) in [6.45, 7) is 0.940. The Kier molecular flexibility index (Phi) is 1.92. The summed E-state index contributed by atoms with van der Waals surface area (Å²) in [6.07, 6.45) is 0. The lowest BCUT2D eigenvalue weighted by Crippen LogP contribution is -2.42. The maximum absolute atomic E-state index is 12.2. The maximum atomic E-state index is 12.2. The van der Waals surface area contributed by atoms with E-state index >= 15 is 0 Å². The molecule has 1 atom stereocenters. The molecule has 8 heavy (non-hydrogen) atoms. The molecule has 0 radical (unpaired) electrons. The maximum Gasteiger partial charge on any atom is 0.356 e. The lowest BCUT2D eigenvalue weighted by Gasteiger charge is -2.11. The van der Waals surface area contributed by atoms with Crippen LogP contribution in [0.2, 0.25) is 0 Å². The van der Waals surface area contributed by atoms with Gasteiger partial charge in [-0.1, -0.05) is 0 Å². The number of carboxylic acid groups (broad SMARTS) is 1. The van der Waals surface area contributed by atoms with Crippen LogP contribution in [0.1, 0.15) is 6.92 Å². The van der Waals surface area contributed by atoms with Crippen molar-refractivity contribution in [1.82, 2.24) is 5.32 Å². The second kappa shape index (κ2) is 2.09. The molecule has 0 aromatic carbocycles. The van der Waals surface area contributed by atoms with Crippen LogP contribution in [-0.4, -0.2) is 23.9 Å². The van der Waals surface area contributed by atoms with Crippen molar-refractivity contribution in [3.8, 4) is 0 Å². The molecule has 0 amide bonds. The Morgan fingerprint density at radius 3 is 2.25 bits per heavy atom. The highest BCUT2D eigenvalue weighted by molar-refractivity contribution is 5.75. The largest absolute Gasteiger partial charge is 0.478 e. The number of aliphatic carboxylic acids is 1. The molecular weight excluding hydrogens is 113 g/mol. The van der Waals surface area contributed by atoms with Crippen molar-refractivity contribution in [3.05, 3.63) is 0 Å². The van der Waals surface area contributed by atoms with Gasteiger partial charge in [-0.25, -0.2) is 9.18 Å². The number of carboxylic acids is 1. The number of rotatable bonds is 2. The highest BCUT2D eigenvalue weighted by atomic mass is 19.1. The van der Waals surface area contributed by atoms with Crippen LogP contribution in [0.3, 0.4) is 0 Å². The van der Waals surface area contributed by atoms with Crippen LogP contribution in [-0.2, 0) is 4.79 Å². The van der Waals surface area contributed by atoms with E-state index < -0.39 is 11.8 Å². The van der Waals surface area contributed by atoms with E-state index in [-0.39, 0.29) is 0 Å². The van der Waals surface area contributed by atoms with Crippen molar-refractivity contribution >= 4 is 5.97 Å². The summed E-state index contributed by atoms with van der Waals surface area (Å²) in [5.41, 5.74) is 0. The van der Waals surface area contributed by atoms with Crippen LogP contribution in [0.4, 0.5) is 4.39 Å². The molecule has 0 aliphatic carbocycles. The number of halogens is 1. The highest BCUT2D eigenvalue weighted by Gasteiger charge is 2.29. The molecule has 0 spiro atoms. The third-order valence-electron chi connectivity index (χ3n) is 0.871. The first-order valence-electron chi connectivity index (χ1n) is 2.12. The zero-order chi connectivity index (χ0) is 6.78. The summed E-state index contributed by atoms with van der Waals surface area (Å²) in [7, 11) is 1.24. The minimum atomic E-state index is -2.29. The van der Waals surface area contributed by atoms with Gasteiger partial charge in [0.1, 0.15) is 0 Å². The van der Waals surface area contributed by atoms with E-state index in [9.17, 15) is 9.18 Å². The van der Waals surface area contributed by atoms with E-state index in [0.29, 0.717) is 0 Å². The number of carbonyl (C=O) groups is 1. The molecule has 0 saturated carbocycles. The molecule has 0 aliphatic heterocycles. The minimum absolute atomic E-state index is 0.940. The van der Waals surface area contributed by atoms with Gasteiger partial charge in [-0.3, -0.25) is 5.32 Å². The molecule has 0 aliphatic rings. The second-order valence-corrected chi connectivity index (χ2v) is 1.56. The molecule has 0 rings (SSSR count). The molecule has 2 N–H and O–H groups in total. The molecule has 0 aromatic rings. The predicted molar refractivity (Wildman–Crippen MR) is 26.2 cm³/mol. The van der Waals surface area contributed by atoms with Crippen LogP contribution in [0.5, 0.6) is 0 Å². The van der Waals surface area contributed by atoms with Crippen LogP contribution >= 0.6 is 0 Å². The average molecular weight is 121 g/mol. The normalized spacial score (nSPS) is 17.4. The smallest absolute Gasteiger partial charge is 0.356 e. The van der Waals surface area contributed by atoms with Gasteiger partial charge >= 0.3 is 5.97 Å². The Morgan fingerprint density at radius 1 is 1.88 bits per heavy atom. The van der Waals surface area contributed by atoms with Gasteiger partial charge in [-0.05, 0) is 14.0 Å². The zero-order valence-electron chi connectivity index (χ0n) is 4.73. The van der Waals surface area contributed by atoms with Gasteiger partial charge in [0, 0.05) is 0 Å². The van der Waals surface area contributed by atoms with E-state index in [4.69, 9.17) is 5.11 Å². The Labute approximate surface area is 46.5 Å². The molecule has 0 saturated heterocycles. The summed E-state index contributed by atoms with van der Waals surface area (Å²) in [6, 6.07) is 0. The molecular formula is C4H8FNO2. The molecule has 48 valence electrons. The van der Waals surface area contributed by atoms with Crippen molar-refractivity contribution in [3.63, 3.8) is 0 Å². The fraction of sp³-hybridized carbons (Fsp3) is 0.750. The lowest BCUT2D eigenvalue weighted by molar-refractivity contribution is -0.151. The highest BCUT2D eigenvalue weighted by Crippen LogP contribution is 2.02. The number of hydrogen-bond acceptors (Lipinski definition) is 2. The van der Waals surface area contributed by atoms with E-state index in [2.05, 4.69) is 0 Å². The fourth-order valence-electron chi connectivity index (χ4n) is 0.107. The summed E-state index contributed by atoms with van der Waals surface area (Å²) in [5, 5.41) is 9.98. The van der Waals surface area contributed by atoms with Crippen LogP contribution < -0.4 is 5.32 Å². The first kappa shape index (κ1) is 7.36. The summed E-state index contributed by atoms with van der Waals surface area (Å²) < 4.78 is 12.2. The molecule has 0 heterocycles. The number of likely N-dealkylation sites (N-methyl/N-ethyl adjacent to an activating group) is 1. The Bertz CT molecular complexity index is 102. The number of hydrogen-bond donors (Lipinski definition) is 2. The van der Waals surface area contributed by atoms with Crippen LogP contribution in [0.25, 0.3) is 0 Å². The SMILES string of the molecule is CNC(C)(F)C(=O)O. The van der Waals surface area contributed by atoms with Gasteiger partial charge in [0.25, 0.3) is 5.79 Å². The number of nitrogens with one attached hydrogen (secondary N) is 1. The predicted octanol–water partition coefficient (Wildman–Crippen LogP) is -0.0239. The van der Waals surface area contributed by atoms with E-state index in [0.717, 1.165) is 6.92 Å². The Balaban J connectivity index is 3.91. The van der Waals surface area contributed by atoms with Gasteiger partial charge in [0.2, 0.25) is 0 Å². The van der Waals surface area contributed by atoms with Crippen molar-refractivity contribution in [1.29, 1.82) is 0 Å². The van der Waals surface area contributed by atoms with Crippen molar-refractivity contribution < 1.29 is 14.3 Å². The first-order valence-corrected chi connectivity index (χ1v) is 2.12. The van der Waals surface area contributed by atoms with Gasteiger partial charge in [0.05, 0.1) is 0 Å². The van der Waals surface area contributed by atoms with Crippen LogP contribution in [0, 0.1) is 0 Å². The van der Waals surface area contributed by atoms with Crippen molar-refractivity contribution in [2.24, 2.45) is 0 Å². The summed E-state index contributed by atoms with van der Waals surface area (Å²) >= 11 is 0. The molecule has 0 aromatic heterocycles. The average Bonchev–Trinajstić information content (AvgIpc) is 1.67. The minimum Gasteiger partial charge on any atom is -0.478 e. The van der Waals surface area contributed by atoms with Gasteiger partial charge < -0.3 is 5.11 Å². The summed E-state index contributed by atoms with van der Waals surface area (Å²) in [5.74, 6) is -3.79. The van der Waals surface area contributed by atoms with E-state index in [1.54, 1.807) is 0 Å². The third kappa shape index (κ3) is 1.46. The summed E-state index contributed by atoms with van der Waals surface area (Å²) in [4.78, 5) is 9.81. The quantitative estimate of drug-likeness (QED) is 0.504. The first-order chi connectivity index (χ1) is 3.50. The topological polar surface area (TPSA) is 49.3 Å². The Morgan fingerprint density at radius 2 is 2.25 bits per heavy atom. The lowest BCUT2D eigenvalue weighted by atomic mass is 10.3. The molecule has 1 unspecified atom stereocenters. The fourth-order valence-corrected chi connectivity index (χ4v) is 0.107. The van der Waals surface area contributed by atoms with Gasteiger partial charge in [-0.2, -0.15) is 0 Å². The second-order valence-electron chi connectivity index (χ2n) is 1.56. The molecule has 0 fully saturated rings. The van der Waals surface area contributed by atoms with Gasteiger partial charge in [0.15, 0.2) is 0 Å². The standard InChI is InChI=1S/C4H8FNO2/c1-4(5,6-2)3(7)8/h6H,1-2H3,(H,7,8). The third-order valence-corrected chi connectivity index (χ3v) is 0.871. The monoisotopic (exact) mass is 121 g/mol. The van der Waals surface area contributed by atoms with Gasteiger partial charge in [-0.15, -0.1) is 0 Å². The zero-order valence-corrected chi connectivity index (χ0v) is 4.73. The molecule has 3 nitrogen and oxygen atoms in total. The van der Waals surface area contributed by atoms with Crippen LogP contribution in [0.15, 0.2) is 0 Å². The van der Waals surface area contributed by atoms with E-state index in [1.807, 2.05) is 5.32 Å². The van der Waals surface area contributed by atoms with Crippen molar-refractivity contribution in [2.45, 2.75) is 12.7 Å². The Hall–Kier alpha value is -0.640. The molecule has 4 heteroatoms. The van der Waals surface area contributed by atoms with E-state index in [1.165, 1.54) is 7.05 Å². The molecule has 0 bridgehead atoms. The number of alkyl halides is 1. The van der Waals surface area contributed by atoms with Crippen molar-refractivity contribution in [2.75, 3.05) is 7.05 Å².